The zero-order valence-corrected chi connectivity index (χ0v) is 13.8. The Morgan fingerprint density at radius 1 is 1.28 bits per heavy atom. The number of nitrogens with zero attached hydrogens (tertiary/aromatic N) is 3. The number of hydrogen-bond acceptors (Lipinski definition) is 6. The van der Waals surface area contributed by atoms with Crippen LogP contribution in [0.3, 0.4) is 0 Å². The Kier molecular flexibility index (Phi) is 4.49. The van der Waals surface area contributed by atoms with E-state index < -0.39 is 24.2 Å². The van der Waals surface area contributed by atoms with Gasteiger partial charge in [0.2, 0.25) is 0 Å². The third-order valence-corrected chi connectivity index (χ3v) is 4.12. The van der Waals surface area contributed by atoms with Gasteiger partial charge in [-0.25, -0.2) is 19.6 Å². The lowest BCUT2D eigenvalue weighted by atomic mass is 10.2. The van der Waals surface area contributed by atoms with Gasteiger partial charge in [-0.05, 0) is 12.1 Å². The number of aromatic nitrogens is 2. The third kappa shape index (κ3) is 3.36. The molecular formula is C15H14ClN3O6. The zero-order valence-electron chi connectivity index (χ0n) is 13.0. The number of amides is 1. The number of hydrogen-bond donors (Lipinski definition) is 2. The second-order valence-electron chi connectivity index (χ2n) is 5.44. The Morgan fingerprint density at radius 3 is 2.64 bits per heavy atom. The van der Waals surface area contributed by atoms with E-state index >= 15 is 0 Å². The van der Waals surface area contributed by atoms with Crippen molar-refractivity contribution in [2.24, 2.45) is 0 Å². The summed E-state index contributed by atoms with van der Waals surface area (Å²) in [6.45, 7) is -0.0968. The number of likely N-dealkylation sites (tertiary alicyclic amines) is 1. The molecule has 1 amide bonds. The van der Waals surface area contributed by atoms with Gasteiger partial charge in [0.25, 0.3) is 5.88 Å². The number of halogens is 1. The van der Waals surface area contributed by atoms with Crippen LogP contribution < -0.4 is 9.47 Å². The predicted molar refractivity (Wildman–Crippen MR) is 86.3 cm³/mol. The minimum Gasteiger partial charge on any atom is -0.497 e. The highest BCUT2D eigenvalue weighted by atomic mass is 35.5. The molecule has 1 saturated heterocycles. The Balaban J connectivity index is 1.86. The molecule has 25 heavy (non-hydrogen) atoms. The fourth-order valence-electron chi connectivity index (χ4n) is 2.68. The van der Waals surface area contributed by atoms with Gasteiger partial charge >= 0.3 is 12.1 Å². The van der Waals surface area contributed by atoms with Gasteiger partial charge in [0.1, 0.15) is 17.9 Å². The van der Waals surface area contributed by atoms with E-state index in [2.05, 4.69) is 9.97 Å². The van der Waals surface area contributed by atoms with Crippen molar-refractivity contribution >= 4 is 34.7 Å². The number of methoxy groups -OCH3 is 1. The maximum absolute atomic E-state index is 11.2. The van der Waals surface area contributed by atoms with Crippen LogP contribution in [0.25, 0.3) is 11.0 Å². The second kappa shape index (κ2) is 6.60. The summed E-state index contributed by atoms with van der Waals surface area (Å²) in [5.74, 6) is -0.628. The van der Waals surface area contributed by atoms with E-state index in [1.54, 1.807) is 18.2 Å². The third-order valence-electron chi connectivity index (χ3n) is 3.87. The molecule has 2 aromatic rings. The van der Waals surface area contributed by atoms with Crippen LogP contribution in [0, 0.1) is 0 Å². The van der Waals surface area contributed by atoms with Crippen molar-refractivity contribution in [3.63, 3.8) is 0 Å². The van der Waals surface area contributed by atoms with Crippen LogP contribution in [0.15, 0.2) is 18.2 Å². The van der Waals surface area contributed by atoms with Gasteiger partial charge in [0.05, 0.1) is 24.7 Å². The summed E-state index contributed by atoms with van der Waals surface area (Å²) >= 11 is 6.08. The molecule has 1 aromatic carbocycles. The monoisotopic (exact) mass is 367 g/mol. The highest BCUT2D eigenvalue weighted by Gasteiger charge is 2.41. The average Bonchev–Trinajstić information content (AvgIpc) is 2.99. The quantitative estimate of drug-likeness (QED) is 0.839. The first-order valence-corrected chi connectivity index (χ1v) is 7.67. The zero-order chi connectivity index (χ0) is 18.1. The Morgan fingerprint density at radius 2 is 2.04 bits per heavy atom. The number of benzene rings is 1. The Hall–Kier alpha value is -2.81. The number of rotatable bonds is 4. The molecule has 2 N–H and O–H groups in total. The first-order valence-electron chi connectivity index (χ1n) is 7.29. The number of carbonyl (C=O) groups is 2. The van der Waals surface area contributed by atoms with Crippen molar-refractivity contribution in [1.29, 1.82) is 0 Å². The van der Waals surface area contributed by atoms with Crippen molar-refractivity contribution < 1.29 is 29.3 Å². The summed E-state index contributed by atoms with van der Waals surface area (Å²) in [6.07, 6.45) is -2.01. The van der Waals surface area contributed by atoms with Crippen LogP contribution in [0.4, 0.5) is 4.79 Å². The molecule has 0 bridgehead atoms. The molecule has 132 valence electrons. The minimum absolute atomic E-state index is 0.00418. The molecular weight excluding hydrogens is 354 g/mol. The number of fused-ring (bicyclic) bond motifs is 1. The largest absolute Gasteiger partial charge is 0.497 e. The number of carboxylic acid groups (broad SMARTS) is 2. The highest BCUT2D eigenvalue weighted by molar-refractivity contribution is 6.31. The molecule has 1 aliphatic rings. The molecule has 1 aromatic heterocycles. The van der Waals surface area contributed by atoms with Crippen LogP contribution in [0.1, 0.15) is 6.42 Å². The molecule has 0 aliphatic carbocycles. The van der Waals surface area contributed by atoms with Crippen LogP contribution in [-0.2, 0) is 4.79 Å². The highest BCUT2D eigenvalue weighted by Crippen LogP contribution is 2.29. The van der Waals surface area contributed by atoms with Gasteiger partial charge in [-0.1, -0.05) is 11.6 Å². The molecule has 0 saturated carbocycles. The van der Waals surface area contributed by atoms with Crippen molar-refractivity contribution in [1.82, 2.24) is 14.9 Å². The van der Waals surface area contributed by atoms with Crippen LogP contribution in [0.2, 0.25) is 5.15 Å². The maximum Gasteiger partial charge on any atom is 0.408 e. The topological polar surface area (TPSA) is 122 Å². The predicted octanol–water partition coefficient (Wildman–Crippen LogP) is 1.88. The normalized spacial score (nSPS) is 19.8. The van der Waals surface area contributed by atoms with Crippen LogP contribution in [-0.4, -0.2) is 62.9 Å². The summed E-state index contributed by atoms with van der Waals surface area (Å²) in [5.41, 5.74) is 1.03. The summed E-state index contributed by atoms with van der Waals surface area (Å²) < 4.78 is 10.8. The molecule has 0 radical (unpaired) electrons. The van der Waals surface area contributed by atoms with Gasteiger partial charge in [-0.3, -0.25) is 4.90 Å². The van der Waals surface area contributed by atoms with Crippen molar-refractivity contribution in [2.45, 2.75) is 18.6 Å². The molecule has 1 fully saturated rings. The van der Waals surface area contributed by atoms with E-state index in [0.29, 0.717) is 16.8 Å². The average molecular weight is 368 g/mol. The second-order valence-corrected chi connectivity index (χ2v) is 5.80. The molecule has 2 heterocycles. The fourth-order valence-corrected chi connectivity index (χ4v) is 2.86. The van der Waals surface area contributed by atoms with E-state index in [9.17, 15) is 9.59 Å². The Bertz CT molecular complexity index is 823. The SMILES string of the molecule is COc1ccc2nc(Cl)c(O[C@@H]3C[C@H](C(=O)O)N(C(=O)O)C3)nc2c1. The first kappa shape index (κ1) is 17.0. The maximum atomic E-state index is 11.2. The summed E-state index contributed by atoms with van der Waals surface area (Å²) in [7, 11) is 1.52. The lowest BCUT2D eigenvalue weighted by molar-refractivity contribution is -0.141. The first-order chi connectivity index (χ1) is 11.9. The summed E-state index contributed by atoms with van der Waals surface area (Å²) in [4.78, 5) is 31.6. The van der Waals surface area contributed by atoms with Gasteiger partial charge < -0.3 is 19.7 Å². The molecule has 1 aliphatic heterocycles. The van der Waals surface area contributed by atoms with Gasteiger partial charge in [-0.2, -0.15) is 0 Å². The summed E-state index contributed by atoms with van der Waals surface area (Å²) in [5, 5.41) is 18.3. The van der Waals surface area contributed by atoms with E-state index in [1.807, 2.05) is 0 Å². The lowest BCUT2D eigenvalue weighted by Crippen LogP contribution is -2.39. The minimum atomic E-state index is -1.32. The van der Waals surface area contributed by atoms with E-state index in [1.165, 1.54) is 7.11 Å². The molecule has 9 nitrogen and oxygen atoms in total. The number of ether oxygens (including phenoxy) is 2. The van der Waals surface area contributed by atoms with Gasteiger partial charge in [-0.15, -0.1) is 0 Å². The molecule has 3 rings (SSSR count). The van der Waals surface area contributed by atoms with Crippen LogP contribution >= 0.6 is 11.6 Å². The van der Waals surface area contributed by atoms with Gasteiger partial charge in [0.15, 0.2) is 5.15 Å². The van der Waals surface area contributed by atoms with E-state index in [-0.39, 0.29) is 24.0 Å². The molecule has 2 atom stereocenters. The lowest BCUT2D eigenvalue weighted by Gasteiger charge is -2.16. The Labute approximate surface area is 146 Å². The number of aliphatic carboxylic acids is 1. The standard InChI is InChI=1S/C15H14ClN3O6/c1-24-7-2-3-9-10(4-7)18-13(12(16)17-9)25-8-5-11(14(20)21)19(6-8)15(22)23/h2-4,8,11H,5-6H2,1H3,(H,20,21)(H,22,23)/t8-,11-/m1/s1. The number of carboxylic acids is 1. The summed E-state index contributed by atoms with van der Waals surface area (Å²) in [6, 6.07) is 3.89. The molecule has 10 heteroatoms. The van der Waals surface area contributed by atoms with Crippen molar-refractivity contribution in [2.75, 3.05) is 13.7 Å². The van der Waals surface area contributed by atoms with E-state index in [0.717, 1.165) is 4.90 Å². The smallest absolute Gasteiger partial charge is 0.408 e. The molecule has 0 spiro atoms. The van der Waals surface area contributed by atoms with Crippen molar-refractivity contribution in [3.8, 4) is 11.6 Å². The molecule has 0 unspecified atom stereocenters. The van der Waals surface area contributed by atoms with Gasteiger partial charge in [0, 0.05) is 12.5 Å². The fraction of sp³-hybridized carbons (Fsp3) is 0.333. The van der Waals surface area contributed by atoms with Crippen molar-refractivity contribution in [3.05, 3.63) is 23.4 Å². The van der Waals surface area contributed by atoms with E-state index in [4.69, 9.17) is 31.3 Å². The van der Waals surface area contributed by atoms with Crippen LogP contribution in [0.5, 0.6) is 11.6 Å².